The van der Waals surface area contributed by atoms with Gasteiger partial charge in [-0.05, 0) is 0 Å². The second-order valence-corrected chi connectivity index (χ2v) is 0.816. The molecule has 2 nitrogen and oxygen atoms in total. The maximum Gasteiger partial charge on any atom is 0.125 e. The molecule has 0 amide bonds. The van der Waals surface area contributed by atoms with Crippen LogP contribution >= 0.6 is 0 Å². The van der Waals surface area contributed by atoms with Crippen molar-refractivity contribution in [1.29, 1.82) is 0 Å². The minimum absolute atomic E-state index is 0. The molecule has 1 rings (SSSR count). The summed E-state index contributed by atoms with van der Waals surface area (Å²) in [6.45, 7) is 0. The summed E-state index contributed by atoms with van der Waals surface area (Å²) in [4.78, 5) is 0. The van der Waals surface area contributed by atoms with Crippen molar-refractivity contribution in [2.75, 3.05) is 0 Å². The molecule has 3 heteroatoms. The van der Waals surface area contributed by atoms with Crippen molar-refractivity contribution in [3.05, 3.63) is 25.0 Å². The Morgan fingerprint density at radius 1 is 0.714 bits per heavy atom. The normalized spacial score (nSPS) is 13.7. The number of hydrogen-bond donors (Lipinski definition) is 0. The van der Waals surface area contributed by atoms with Gasteiger partial charge in [-0.15, -0.1) is 0 Å². The Labute approximate surface area is 52.3 Å². The van der Waals surface area contributed by atoms with E-state index < -0.39 is 0 Å². The van der Waals surface area contributed by atoms with Gasteiger partial charge >= 0.3 is 0 Å². The molecule has 0 aromatic rings. The van der Waals surface area contributed by atoms with Gasteiger partial charge < -0.3 is 9.47 Å². The zero-order chi connectivity index (χ0) is 4.24. The molecule has 1 aliphatic rings. The molecule has 0 atom stereocenters. The predicted octanol–water partition coefficient (Wildman–Crippen LogP) is 0.973. The average molecular weight is 148 g/mol. The van der Waals surface area contributed by atoms with Crippen molar-refractivity contribution in [2.24, 2.45) is 0 Å². The summed E-state index contributed by atoms with van der Waals surface area (Å²) < 4.78 is 9.17. The minimum Gasteiger partial charge on any atom is -0.466 e. The molecule has 0 saturated carbocycles. The Morgan fingerprint density at radius 2 is 1.00 bits per heavy atom. The van der Waals surface area contributed by atoms with Gasteiger partial charge in [0.2, 0.25) is 0 Å². The first kappa shape index (κ1) is 6.60. The standard InChI is InChI=1S/C4H4O2.Cu/c1-2-6-4-3-5-1;/h1-4H;. The van der Waals surface area contributed by atoms with E-state index in [1.165, 1.54) is 25.0 Å². The van der Waals surface area contributed by atoms with Crippen molar-refractivity contribution in [2.45, 2.75) is 0 Å². The maximum absolute atomic E-state index is 4.58. The van der Waals surface area contributed by atoms with E-state index >= 15 is 0 Å². The van der Waals surface area contributed by atoms with Gasteiger partial charge in [-0.25, -0.2) is 0 Å². The Kier molecular flexibility index (Phi) is 3.56. The van der Waals surface area contributed by atoms with Crippen LogP contribution in [0, 0.1) is 0 Å². The third-order valence-corrected chi connectivity index (χ3v) is 0.425. The summed E-state index contributed by atoms with van der Waals surface area (Å²) >= 11 is 0. The van der Waals surface area contributed by atoms with E-state index in [4.69, 9.17) is 0 Å². The van der Waals surface area contributed by atoms with Gasteiger partial charge in [0.25, 0.3) is 0 Å². The zero-order valence-electron chi connectivity index (χ0n) is 3.43. The summed E-state index contributed by atoms with van der Waals surface area (Å²) in [5, 5.41) is 0. The Morgan fingerprint density at radius 3 is 1.14 bits per heavy atom. The van der Waals surface area contributed by atoms with Crippen LogP contribution in [0.15, 0.2) is 25.0 Å². The summed E-state index contributed by atoms with van der Waals surface area (Å²) in [7, 11) is 0. The largest absolute Gasteiger partial charge is 0.466 e. The van der Waals surface area contributed by atoms with E-state index in [0.29, 0.717) is 0 Å². The van der Waals surface area contributed by atoms with E-state index in [-0.39, 0.29) is 17.1 Å². The summed E-state index contributed by atoms with van der Waals surface area (Å²) in [5.74, 6) is 0. The first-order chi connectivity index (χ1) is 3.00. The topological polar surface area (TPSA) is 18.5 Å². The van der Waals surface area contributed by atoms with Crippen LogP contribution in [0.25, 0.3) is 0 Å². The van der Waals surface area contributed by atoms with E-state index in [9.17, 15) is 0 Å². The second kappa shape index (κ2) is 3.78. The van der Waals surface area contributed by atoms with Crippen molar-refractivity contribution < 1.29 is 26.5 Å². The van der Waals surface area contributed by atoms with Crippen LogP contribution in [-0.4, -0.2) is 0 Å². The molecular formula is C4H4CuO2. The molecule has 7 heavy (non-hydrogen) atoms. The van der Waals surface area contributed by atoms with Gasteiger partial charge in [0, 0.05) is 17.1 Å². The Hall–Kier alpha value is -0.401. The molecule has 0 aromatic heterocycles. The van der Waals surface area contributed by atoms with Gasteiger partial charge in [0.05, 0.1) is 0 Å². The summed E-state index contributed by atoms with van der Waals surface area (Å²) in [6, 6.07) is 0. The monoisotopic (exact) mass is 147 g/mol. The average Bonchev–Trinajstić information content (AvgIpc) is 1.72. The molecule has 43 valence electrons. The maximum atomic E-state index is 4.58. The minimum atomic E-state index is 0. The van der Waals surface area contributed by atoms with E-state index in [0.717, 1.165) is 0 Å². The van der Waals surface area contributed by atoms with Crippen LogP contribution in [0.4, 0.5) is 0 Å². The fourth-order valence-corrected chi connectivity index (χ4v) is 0.219. The third-order valence-electron chi connectivity index (χ3n) is 0.425. The zero-order valence-corrected chi connectivity index (χ0v) is 4.37. The molecular weight excluding hydrogens is 144 g/mol. The van der Waals surface area contributed by atoms with Crippen molar-refractivity contribution >= 4 is 0 Å². The Balaban J connectivity index is 0.000000360. The molecule has 0 aliphatic carbocycles. The molecule has 1 heterocycles. The van der Waals surface area contributed by atoms with Gasteiger partial charge in [-0.2, -0.15) is 0 Å². The quantitative estimate of drug-likeness (QED) is 0.476. The molecule has 0 N–H and O–H groups in total. The fraction of sp³-hybridized carbons (Fsp3) is 0. The van der Waals surface area contributed by atoms with Crippen LogP contribution in [0.3, 0.4) is 0 Å². The number of hydrogen-bond acceptors (Lipinski definition) is 2. The molecule has 0 aromatic carbocycles. The van der Waals surface area contributed by atoms with Crippen LogP contribution in [-0.2, 0) is 26.5 Å². The number of rotatable bonds is 0. The molecule has 1 aliphatic heterocycles. The van der Waals surface area contributed by atoms with E-state index in [1.54, 1.807) is 0 Å². The van der Waals surface area contributed by atoms with Crippen molar-refractivity contribution in [3.8, 4) is 0 Å². The predicted molar refractivity (Wildman–Crippen MR) is 20.4 cm³/mol. The second-order valence-electron chi connectivity index (χ2n) is 0.816. The smallest absolute Gasteiger partial charge is 0.125 e. The molecule has 0 bridgehead atoms. The van der Waals surface area contributed by atoms with Crippen molar-refractivity contribution in [3.63, 3.8) is 0 Å². The first-order valence-corrected chi connectivity index (χ1v) is 1.61. The first-order valence-electron chi connectivity index (χ1n) is 1.61. The molecule has 1 radical (unpaired) electrons. The molecule has 0 spiro atoms. The van der Waals surface area contributed by atoms with Gasteiger partial charge in [-0.3, -0.25) is 0 Å². The van der Waals surface area contributed by atoms with Gasteiger partial charge in [0.1, 0.15) is 25.0 Å². The molecule has 0 unspecified atom stereocenters. The van der Waals surface area contributed by atoms with Crippen LogP contribution < -0.4 is 0 Å². The van der Waals surface area contributed by atoms with Gasteiger partial charge in [0.15, 0.2) is 0 Å². The van der Waals surface area contributed by atoms with Gasteiger partial charge in [-0.1, -0.05) is 0 Å². The summed E-state index contributed by atoms with van der Waals surface area (Å²) in [6.07, 6.45) is 5.83. The van der Waals surface area contributed by atoms with Crippen LogP contribution in [0.5, 0.6) is 0 Å². The molecule has 0 saturated heterocycles. The van der Waals surface area contributed by atoms with E-state index in [1.807, 2.05) is 0 Å². The van der Waals surface area contributed by atoms with Crippen LogP contribution in [0.2, 0.25) is 0 Å². The Bertz CT molecular complexity index is 67.7. The van der Waals surface area contributed by atoms with Crippen molar-refractivity contribution in [1.82, 2.24) is 0 Å². The van der Waals surface area contributed by atoms with Crippen LogP contribution in [0.1, 0.15) is 0 Å². The fourth-order valence-electron chi connectivity index (χ4n) is 0.219. The van der Waals surface area contributed by atoms with E-state index in [2.05, 4.69) is 9.47 Å². The SMILES string of the molecule is C1=COC=CO1.[Cu]. The third kappa shape index (κ3) is 2.31. The molecule has 0 fully saturated rings. The summed E-state index contributed by atoms with van der Waals surface area (Å²) in [5.41, 5.74) is 0. The number of ether oxygens (including phenoxy) is 2.